The molecule has 3 nitrogen and oxygen atoms in total. The molecule has 1 fully saturated rings. The van der Waals surface area contributed by atoms with E-state index in [9.17, 15) is 0 Å². The number of hydrogen-bond acceptors (Lipinski definition) is 2. The molecule has 1 unspecified atom stereocenters. The van der Waals surface area contributed by atoms with E-state index < -0.39 is 0 Å². The number of aryl methyl sites for hydroxylation is 1. The van der Waals surface area contributed by atoms with Gasteiger partial charge >= 0.3 is 0 Å². The maximum atomic E-state index is 5.53. The molecule has 1 aromatic rings. The number of nitrogens with two attached hydrogens (primary N) is 1. The zero-order chi connectivity index (χ0) is 10.2. The summed E-state index contributed by atoms with van der Waals surface area (Å²) in [5.74, 6) is 1.56. The summed E-state index contributed by atoms with van der Waals surface area (Å²) in [5, 5.41) is 4.16. The summed E-state index contributed by atoms with van der Waals surface area (Å²) in [5.41, 5.74) is 6.15. The zero-order valence-corrected chi connectivity index (χ0v) is 9.03. The SMILES string of the molecule is CC1(C)CC1CCCn1ccc(N)n1. The van der Waals surface area contributed by atoms with E-state index >= 15 is 0 Å². The largest absolute Gasteiger partial charge is 0.382 e. The van der Waals surface area contributed by atoms with Gasteiger partial charge in [-0.15, -0.1) is 0 Å². The molecule has 0 saturated heterocycles. The summed E-state index contributed by atoms with van der Waals surface area (Å²) in [6, 6.07) is 1.85. The lowest BCUT2D eigenvalue weighted by Crippen LogP contribution is -2.01. The van der Waals surface area contributed by atoms with Gasteiger partial charge in [-0.3, -0.25) is 4.68 Å². The molecular formula is C11H19N3. The van der Waals surface area contributed by atoms with Crippen LogP contribution in [0.2, 0.25) is 0 Å². The van der Waals surface area contributed by atoms with E-state index in [-0.39, 0.29) is 0 Å². The molecule has 14 heavy (non-hydrogen) atoms. The molecule has 0 spiro atoms. The summed E-state index contributed by atoms with van der Waals surface area (Å²) >= 11 is 0. The van der Waals surface area contributed by atoms with Crippen molar-refractivity contribution in [3.63, 3.8) is 0 Å². The summed E-state index contributed by atoms with van der Waals surface area (Å²) in [6.45, 7) is 5.71. The van der Waals surface area contributed by atoms with Crippen LogP contribution >= 0.6 is 0 Å². The second-order valence-corrected chi connectivity index (χ2v) is 5.04. The smallest absolute Gasteiger partial charge is 0.145 e. The third-order valence-corrected chi connectivity index (χ3v) is 3.32. The van der Waals surface area contributed by atoms with Crippen molar-refractivity contribution in [1.29, 1.82) is 0 Å². The number of aromatic nitrogens is 2. The molecular weight excluding hydrogens is 174 g/mol. The lowest BCUT2D eigenvalue weighted by molar-refractivity contribution is 0.480. The molecule has 1 heterocycles. The van der Waals surface area contributed by atoms with Crippen molar-refractivity contribution in [3.8, 4) is 0 Å². The second kappa shape index (κ2) is 3.30. The number of nitrogen functional groups attached to an aromatic ring is 1. The van der Waals surface area contributed by atoms with Gasteiger partial charge in [-0.25, -0.2) is 0 Å². The summed E-state index contributed by atoms with van der Waals surface area (Å²) in [4.78, 5) is 0. The predicted molar refractivity (Wildman–Crippen MR) is 57.8 cm³/mol. The highest BCUT2D eigenvalue weighted by Gasteiger charge is 2.44. The minimum absolute atomic E-state index is 0.614. The highest BCUT2D eigenvalue weighted by molar-refractivity contribution is 5.23. The first-order valence-electron chi connectivity index (χ1n) is 5.37. The van der Waals surface area contributed by atoms with E-state index in [1.54, 1.807) is 0 Å². The molecule has 0 bridgehead atoms. The van der Waals surface area contributed by atoms with Gasteiger partial charge in [0.2, 0.25) is 0 Å². The second-order valence-electron chi connectivity index (χ2n) is 5.04. The first-order valence-corrected chi connectivity index (χ1v) is 5.37. The lowest BCUT2D eigenvalue weighted by atomic mass is 10.1. The fourth-order valence-corrected chi connectivity index (χ4v) is 2.07. The van der Waals surface area contributed by atoms with E-state index in [4.69, 9.17) is 5.73 Å². The molecule has 1 aliphatic carbocycles. The first kappa shape index (κ1) is 9.56. The monoisotopic (exact) mass is 193 g/mol. The Bertz CT molecular complexity index is 314. The molecule has 1 atom stereocenters. The van der Waals surface area contributed by atoms with Crippen LogP contribution < -0.4 is 5.73 Å². The maximum Gasteiger partial charge on any atom is 0.145 e. The Morgan fingerprint density at radius 3 is 2.86 bits per heavy atom. The van der Waals surface area contributed by atoms with Crippen LogP contribution in [0.25, 0.3) is 0 Å². The standard InChI is InChI=1S/C11H19N3/c1-11(2)8-9(11)4-3-6-14-7-5-10(12)13-14/h5,7,9H,3-4,6,8H2,1-2H3,(H2,12,13). The summed E-state index contributed by atoms with van der Waals surface area (Å²) in [7, 11) is 0. The molecule has 3 heteroatoms. The Morgan fingerprint density at radius 2 is 2.36 bits per heavy atom. The van der Waals surface area contributed by atoms with Crippen molar-refractivity contribution in [3.05, 3.63) is 12.3 Å². The molecule has 1 saturated carbocycles. The van der Waals surface area contributed by atoms with Crippen molar-refractivity contribution in [2.75, 3.05) is 5.73 Å². The normalized spacial score (nSPS) is 23.7. The highest BCUT2D eigenvalue weighted by Crippen LogP contribution is 2.54. The number of hydrogen-bond donors (Lipinski definition) is 1. The van der Waals surface area contributed by atoms with Gasteiger partial charge in [0.1, 0.15) is 5.82 Å². The van der Waals surface area contributed by atoms with Gasteiger partial charge in [0.25, 0.3) is 0 Å². The lowest BCUT2D eigenvalue weighted by Gasteiger charge is -2.03. The van der Waals surface area contributed by atoms with Crippen LogP contribution in [0.5, 0.6) is 0 Å². The topological polar surface area (TPSA) is 43.8 Å². The molecule has 1 aliphatic rings. The zero-order valence-electron chi connectivity index (χ0n) is 9.03. The van der Waals surface area contributed by atoms with Gasteiger partial charge in [0, 0.05) is 12.7 Å². The molecule has 0 aliphatic heterocycles. The molecule has 0 aromatic carbocycles. The Kier molecular flexibility index (Phi) is 2.25. The van der Waals surface area contributed by atoms with Gasteiger partial charge < -0.3 is 5.73 Å². The molecule has 0 amide bonds. The highest BCUT2D eigenvalue weighted by atomic mass is 15.3. The Hall–Kier alpha value is -0.990. The van der Waals surface area contributed by atoms with Crippen LogP contribution in [-0.2, 0) is 6.54 Å². The number of anilines is 1. The van der Waals surface area contributed by atoms with Crippen molar-refractivity contribution < 1.29 is 0 Å². The number of rotatable bonds is 4. The van der Waals surface area contributed by atoms with Crippen LogP contribution in [-0.4, -0.2) is 9.78 Å². The van der Waals surface area contributed by atoms with Gasteiger partial charge in [-0.05, 0) is 36.7 Å². The molecule has 2 rings (SSSR count). The Labute approximate surface area is 85.3 Å². The summed E-state index contributed by atoms with van der Waals surface area (Å²) in [6.07, 6.45) is 5.89. The van der Waals surface area contributed by atoms with Gasteiger partial charge in [0.05, 0.1) is 0 Å². The van der Waals surface area contributed by atoms with E-state index in [1.165, 1.54) is 19.3 Å². The molecule has 0 radical (unpaired) electrons. The molecule has 2 N–H and O–H groups in total. The van der Waals surface area contributed by atoms with Crippen LogP contribution in [0.4, 0.5) is 5.82 Å². The van der Waals surface area contributed by atoms with E-state index in [0.717, 1.165) is 12.5 Å². The third-order valence-electron chi connectivity index (χ3n) is 3.32. The van der Waals surface area contributed by atoms with E-state index in [0.29, 0.717) is 11.2 Å². The fourth-order valence-electron chi connectivity index (χ4n) is 2.07. The average molecular weight is 193 g/mol. The van der Waals surface area contributed by atoms with Crippen LogP contribution in [0.3, 0.4) is 0 Å². The van der Waals surface area contributed by atoms with Gasteiger partial charge in [-0.1, -0.05) is 13.8 Å². The quantitative estimate of drug-likeness (QED) is 0.797. The van der Waals surface area contributed by atoms with Crippen molar-refractivity contribution in [1.82, 2.24) is 9.78 Å². The minimum atomic E-state index is 0.614. The Morgan fingerprint density at radius 1 is 1.64 bits per heavy atom. The van der Waals surface area contributed by atoms with Crippen LogP contribution in [0, 0.1) is 11.3 Å². The summed E-state index contributed by atoms with van der Waals surface area (Å²) < 4.78 is 1.94. The molecule has 1 aromatic heterocycles. The average Bonchev–Trinajstić information content (AvgIpc) is 2.53. The van der Waals surface area contributed by atoms with Crippen molar-refractivity contribution in [2.24, 2.45) is 11.3 Å². The third kappa shape index (κ3) is 2.08. The van der Waals surface area contributed by atoms with Crippen LogP contribution in [0.1, 0.15) is 33.1 Å². The van der Waals surface area contributed by atoms with Gasteiger partial charge in [-0.2, -0.15) is 5.10 Å². The van der Waals surface area contributed by atoms with Crippen molar-refractivity contribution >= 4 is 5.82 Å². The minimum Gasteiger partial charge on any atom is -0.382 e. The van der Waals surface area contributed by atoms with Crippen LogP contribution in [0.15, 0.2) is 12.3 Å². The first-order chi connectivity index (χ1) is 6.58. The fraction of sp³-hybridized carbons (Fsp3) is 0.727. The van der Waals surface area contributed by atoms with E-state index in [2.05, 4.69) is 18.9 Å². The molecule has 78 valence electrons. The predicted octanol–water partition coefficient (Wildman–Crippen LogP) is 2.29. The van der Waals surface area contributed by atoms with Gasteiger partial charge in [0.15, 0.2) is 0 Å². The van der Waals surface area contributed by atoms with E-state index in [1.807, 2.05) is 16.9 Å². The van der Waals surface area contributed by atoms with Crippen molar-refractivity contribution in [2.45, 2.75) is 39.7 Å². The Balaban J connectivity index is 1.69. The number of nitrogens with zero attached hydrogens (tertiary/aromatic N) is 2. The maximum absolute atomic E-state index is 5.53.